The maximum atomic E-state index is 13.8. The van der Waals surface area contributed by atoms with E-state index in [1.165, 1.54) is 12.8 Å². The van der Waals surface area contributed by atoms with Gasteiger partial charge < -0.3 is 9.55 Å². The molecular weight excluding hydrogens is 374 g/mol. The van der Waals surface area contributed by atoms with Gasteiger partial charge in [0.05, 0.1) is 14.6 Å². The minimum atomic E-state index is -0.167. The minimum Gasteiger partial charge on any atom is -0.331 e. The fourth-order valence-electron chi connectivity index (χ4n) is 3.12. The van der Waals surface area contributed by atoms with E-state index in [9.17, 15) is 4.39 Å². The number of rotatable bonds is 1. The summed E-state index contributed by atoms with van der Waals surface area (Å²) in [5.74, 6) is 0.555. The molecule has 0 aliphatic heterocycles. The fraction of sp³-hybridized carbons (Fsp3) is 0.500. The van der Waals surface area contributed by atoms with Crippen molar-refractivity contribution in [2.24, 2.45) is 5.92 Å². The molecule has 2 unspecified atom stereocenters. The van der Waals surface area contributed by atoms with Crippen LogP contribution in [-0.4, -0.2) is 9.55 Å². The molecule has 1 fully saturated rings. The average molecular weight is 390 g/mol. The summed E-state index contributed by atoms with van der Waals surface area (Å²) < 4.78 is 17.3. The zero-order chi connectivity index (χ0) is 13.6. The van der Waals surface area contributed by atoms with Gasteiger partial charge in [0.25, 0.3) is 0 Å². The van der Waals surface area contributed by atoms with Crippen LogP contribution < -0.4 is 0 Å². The number of aromatic nitrogens is 2. The standard InChI is InChI=1S/C14H16FIN2S/c1-8-3-2-4-9(5-8)18-13-6-10(15)11(16)7-12(13)17-14(18)19/h6-9H,2-5H2,1H3,(H,17,19). The number of H-pyrrole nitrogens is 1. The molecule has 19 heavy (non-hydrogen) atoms. The van der Waals surface area contributed by atoms with Crippen LogP contribution in [0.5, 0.6) is 0 Å². The van der Waals surface area contributed by atoms with Crippen molar-refractivity contribution in [2.45, 2.75) is 38.6 Å². The summed E-state index contributed by atoms with van der Waals surface area (Å²) in [4.78, 5) is 3.21. The Morgan fingerprint density at radius 1 is 1.42 bits per heavy atom. The van der Waals surface area contributed by atoms with Crippen molar-refractivity contribution < 1.29 is 4.39 Å². The largest absolute Gasteiger partial charge is 0.331 e. The van der Waals surface area contributed by atoms with Crippen molar-refractivity contribution >= 4 is 45.8 Å². The summed E-state index contributed by atoms with van der Waals surface area (Å²) in [6, 6.07) is 3.86. The predicted molar refractivity (Wildman–Crippen MR) is 86.5 cm³/mol. The van der Waals surface area contributed by atoms with E-state index in [-0.39, 0.29) is 5.82 Å². The van der Waals surface area contributed by atoms with E-state index in [2.05, 4.69) is 16.5 Å². The molecule has 5 heteroatoms. The first-order valence-corrected chi connectivity index (χ1v) is 8.14. The molecule has 0 amide bonds. The SMILES string of the molecule is CC1CCCC(n2c(=S)[nH]c3cc(I)c(F)cc32)C1. The molecule has 1 saturated carbocycles. The first kappa shape index (κ1) is 13.5. The Balaban J connectivity index is 2.14. The molecule has 102 valence electrons. The van der Waals surface area contributed by atoms with Gasteiger partial charge in [0.2, 0.25) is 0 Å². The van der Waals surface area contributed by atoms with E-state index in [0.29, 0.717) is 9.61 Å². The van der Waals surface area contributed by atoms with Crippen molar-refractivity contribution in [3.05, 3.63) is 26.3 Å². The van der Waals surface area contributed by atoms with Crippen molar-refractivity contribution in [3.8, 4) is 0 Å². The number of hydrogen-bond donors (Lipinski definition) is 1. The van der Waals surface area contributed by atoms with Crippen LogP contribution in [0, 0.1) is 20.1 Å². The van der Waals surface area contributed by atoms with Crippen LogP contribution in [-0.2, 0) is 0 Å². The van der Waals surface area contributed by atoms with Crippen molar-refractivity contribution in [1.82, 2.24) is 9.55 Å². The molecule has 2 aromatic rings. The molecule has 3 rings (SSSR count). The molecule has 0 radical (unpaired) electrons. The molecular formula is C14H16FIN2S. The second-order valence-corrected chi connectivity index (χ2v) is 7.06. The van der Waals surface area contributed by atoms with Crippen LogP contribution in [0.25, 0.3) is 11.0 Å². The Morgan fingerprint density at radius 2 is 2.21 bits per heavy atom. The lowest BCUT2D eigenvalue weighted by Crippen LogP contribution is -2.17. The highest BCUT2D eigenvalue weighted by atomic mass is 127. The van der Waals surface area contributed by atoms with Crippen molar-refractivity contribution in [1.29, 1.82) is 0 Å². The summed E-state index contributed by atoms with van der Waals surface area (Å²) in [6.45, 7) is 2.29. The fourth-order valence-corrected chi connectivity index (χ4v) is 3.94. The summed E-state index contributed by atoms with van der Waals surface area (Å²) in [7, 11) is 0. The summed E-state index contributed by atoms with van der Waals surface area (Å²) in [5, 5.41) is 0. The van der Waals surface area contributed by atoms with Crippen LogP contribution >= 0.6 is 34.8 Å². The molecule has 0 saturated heterocycles. The van der Waals surface area contributed by atoms with Gasteiger partial charge in [-0.05, 0) is 59.6 Å². The number of hydrogen-bond acceptors (Lipinski definition) is 1. The number of nitrogens with one attached hydrogen (secondary N) is 1. The topological polar surface area (TPSA) is 20.7 Å². The van der Waals surface area contributed by atoms with Crippen LogP contribution in [0.3, 0.4) is 0 Å². The van der Waals surface area contributed by atoms with Gasteiger partial charge in [0, 0.05) is 12.1 Å². The molecule has 1 aromatic carbocycles. The first-order chi connectivity index (χ1) is 9.06. The van der Waals surface area contributed by atoms with Gasteiger partial charge in [-0.15, -0.1) is 0 Å². The van der Waals surface area contributed by atoms with Gasteiger partial charge in [-0.25, -0.2) is 4.39 Å². The summed E-state index contributed by atoms with van der Waals surface area (Å²) in [5.41, 5.74) is 1.84. The highest BCUT2D eigenvalue weighted by Crippen LogP contribution is 2.35. The molecule has 1 aromatic heterocycles. The van der Waals surface area contributed by atoms with Crippen LogP contribution in [0.1, 0.15) is 38.6 Å². The maximum absolute atomic E-state index is 13.8. The van der Waals surface area contributed by atoms with Gasteiger partial charge in [-0.1, -0.05) is 19.8 Å². The van der Waals surface area contributed by atoms with Gasteiger partial charge in [0.1, 0.15) is 5.82 Å². The Morgan fingerprint density at radius 3 is 2.95 bits per heavy atom. The Labute approximate surface area is 130 Å². The van der Waals surface area contributed by atoms with E-state index in [4.69, 9.17) is 12.2 Å². The van der Waals surface area contributed by atoms with Crippen LogP contribution in [0.15, 0.2) is 12.1 Å². The van der Waals surface area contributed by atoms with Gasteiger partial charge >= 0.3 is 0 Å². The van der Waals surface area contributed by atoms with Crippen molar-refractivity contribution in [2.75, 3.05) is 0 Å². The van der Waals surface area contributed by atoms with Gasteiger partial charge in [-0.2, -0.15) is 0 Å². The zero-order valence-corrected chi connectivity index (χ0v) is 13.7. The van der Waals surface area contributed by atoms with E-state index in [1.54, 1.807) is 6.07 Å². The van der Waals surface area contributed by atoms with Gasteiger partial charge in [0.15, 0.2) is 4.77 Å². The van der Waals surface area contributed by atoms with Crippen LogP contribution in [0.4, 0.5) is 4.39 Å². The molecule has 0 spiro atoms. The van der Waals surface area contributed by atoms with E-state index < -0.39 is 0 Å². The zero-order valence-electron chi connectivity index (χ0n) is 10.7. The Kier molecular flexibility index (Phi) is 3.68. The second-order valence-electron chi connectivity index (χ2n) is 5.51. The molecule has 1 aliphatic rings. The maximum Gasteiger partial charge on any atom is 0.178 e. The van der Waals surface area contributed by atoms with E-state index >= 15 is 0 Å². The highest BCUT2D eigenvalue weighted by Gasteiger charge is 2.23. The second kappa shape index (κ2) is 5.16. The molecule has 1 aliphatic carbocycles. The van der Waals surface area contributed by atoms with Crippen molar-refractivity contribution in [3.63, 3.8) is 0 Å². The highest BCUT2D eigenvalue weighted by molar-refractivity contribution is 14.1. The third-order valence-electron chi connectivity index (χ3n) is 4.03. The molecule has 1 N–H and O–H groups in total. The number of halogens is 2. The summed E-state index contributed by atoms with van der Waals surface area (Å²) in [6.07, 6.45) is 4.79. The molecule has 2 atom stereocenters. The average Bonchev–Trinajstić information content (AvgIpc) is 2.65. The molecule has 0 bridgehead atoms. The normalized spacial score (nSPS) is 23.9. The third kappa shape index (κ3) is 2.46. The minimum absolute atomic E-state index is 0.167. The lowest BCUT2D eigenvalue weighted by Gasteiger charge is -2.28. The van der Waals surface area contributed by atoms with Crippen LogP contribution in [0.2, 0.25) is 0 Å². The third-order valence-corrected chi connectivity index (χ3v) is 5.16. The number of nitrogens with zero attached hydrogens (tertiary/aromatic N) is 1. The van der Waals surface area contributed by atoms with Gasteiger partial charge in [-0.3, -0.25) is 0 Å². The quantitative estimate of drug-likeness (QED) is 0.525. The number of fused-ring (bicyclic) bond motifs is 1. The Bertz CT molecular complexity index is 676. The predicted octanol–water partition coefficient (Wildman–Crippen LogP) is 5.19. The first-order valence-electron chi connectivity index (χ1n) is 6.65. The Hall–Kier alpha value is -0.430. The lowest BCUT2D eigenvalue weighted by atomic mass is 9.87. The van der Waals surface area contributed by atoms with E-state index in [1.807, 2.05) is 28.7 Å². The summed E-state index contributed by atoms with van der Waals surface area (Å²) >= 11 is 7.45. The van der Waals surface area contributed by atoms with E-state index in [0.717, 1.165) is 34.6 Å². The molecule has 2 nitrogen and oxygen atoms in total. The number of aromatic amines is 1. The molecule has 1 heterocycles. The smallest absolute Gasteiger partial charge is 0.178 e. The number of imidazole rings is 1. The number of benzene rings is 1. The monoisotopic (exact) mass is 390 g/mol. The lowest BCUT2D eigenvalue weighted by molar-refractivity contribution is 0.285.